The Bertz CT molecular complexity index is 913. The highest BCUT2D eigenvalue weighted by molar-refractivity contribution is 7.16. The van der Waals surface area contributed by atoms with Crippen LogP contribution in [0.2, 0.25) is 0 Å². The molecule has 0 aliphatic carbocycles. The van der Waals surface area contributed by atoms with Gasteiger partial charge in [0.05, 0.1) is 17.2 Å². The van der Waals surface area contributed by atoms with Gasteiger partial charge in [-0.3, -0.25) is 0 Å². The predicted octanol–water partition coefficient (Wildman–Crippen LogP) is 6.24. The topological polar surface area (TPSA) is 35.5 Å². The molecule has 3 nitrogen and oxygen atoms in total. The molecule has 3 aromatic rings. The number of thiophene rings is 1. The summed E-state index contributed by atoms with van der Waals surface area (Å²) in [4.78, 5) is 14.5. The van der Waals surface area contributed by atoms with Crippen LogP contribution in [0.25, 0.3) is 21.6 Å². The van der Waals surface area contributed by atoms with E-state index in [1.807, 2.05) is 48.5 Å². The quantitative estimate of drug-likeness (QED) is 0.361. The van der Waals surface area contributed by atoms with Gasteiger partial charge in [-0.2, -0.15) is 0 Å². The van der Waals surface area contributed by atoms with Crippen molar-refractivity contribution in [2.24, 2.45) is 0 Å². The highest BCUT2D eigenvalue weighted by Gasteiger charge is 2.29. The van der Waals surface area contributed by atoms with Crippen LogP contribution >= 0.6 is 11.3 Å². The van der Waals surface area contributed by atoms with Gasteiger partial charge < -0.3 is 9.47 Å². The molecule has 0 saturated heterocycles. The number of allylic oxidation sites excluding steroid dienone is 1. The normalized spacial score (nSPS) is 11.6. The zero-order valence-electron chi connectivity index (χ0n) is 15.5. The molecule has 0 fully saturated rings. The van der Waals surface area contributed by atoms with Crippen molar-refractivity contribution in [2.45, 2.75) is 20.0 Å². The molecule has 3 rings (SSSR count). The highest BCUT2D eigenvalue weighted by Crippen LogP contribution is 2.42. The molecule has 0 amide bonds. The van der Waals surface area contributed by atoms with Gasteiger partial charge in [0.15, 0.2) is 0 Å². The minimum atomic E-state index is -0.833. The van der Waals surface area contributed by atoms with E-state index in [9.17, 15) is 4.79 Å². The first kappa shape index (κ1) is 18.9. The zero-order valence-corrected chi connectivity index (χ0v) is 16.3. The summed E-state index contributed by atoms with van der Waals surface area (Å²) in [6.45, 7) is 7.63. The summed E-state index contributed by atoms with van der Waals surface area (Å²) in [6.07, 6.45) is -0.833. The lowest BCUT2D eigenvalue weighted by molar-refractivity contribution is -0.154. The Morgan fingerprint density at radius 1 is 1.04 bits per heavy atom. The summed E-state index contributed by atoms with van der Waals surface area (Å²) in [7, 11) is 0. The average Bonchev–Trinajstić information content (AvgIpc) is 3.12. The monoisotopic (exact) mass is 378 g/mol. The fourth-order valence-electron chi connectivity index (χ4n) is 2.82. The summed E-state index contributed by atoms with van der Waals surface area (Å²) < 4.78 is 11.1. The Balaban J connectivity index is 2.14. The zero-order chi connectivity index (χ0) is 19.2. The van der Waals surface area contributed by atoms with E-state index in [1.165, 1.54) is 0 Å². The summed E-state index contributed by atoms with van der Waals surface area (Å²) in [5.74, 6) is 0.0702. The molecule has 27 heavy (non-hydrogen) atoms. The molecule has 1 aromatic heterocycles. The van der Waals surface area contributed by atoms with Gasteiger partial charge in [0, 0.05) is 10.4 Å². The Kier molecular flexibility index (Phi) is 6.09. The van der Waals surface area contributed by atoms with Crippen LogP contribution in [0, 0.1) is 0 Å². The number of hydrogen-bond donors (Lipinski definition) is 0. The van der Waals surface area contributed by atoms with Gasteiger partial charge in [-0.1, -0.05) is 67.2 Å². The van der Waals surface area contributed by atoms with E-state index in [0.717, 1.165) is 26.4 Å². The van der Waals surface area contributed by atoms with E-state index < -0.39 is 12.1 Å². The Morgan fingerprint density at radius 3 is 2.19 bits per heavy atom. The molecule has 0 saturated carbocycles. The number of rotatable bonds is 7. The third-order valence-corrected chi connectivity index (χ3v) is 5.19. The maximum atomic E-state index is 12.6. The molecule has 138 valence electrons. The van der Waals surface area contributed by atoms with E-state index in [4.69, 9.17) is 9.47 Å². The van der Waals surface area contributed by atoms with E-state index in [1.54, 1.807) is 25.2 Å². The van der Waals surface area contributed by atoms with Crippen molar-refractivity contribution < 1.29 is 14.3 Å². The minimum absolute atomic E-state index is 0.298. The molecule has 0 spiro atoms. The van der Waals surface area contributed by atoms with Crippen molar-refractivity contribution >= 4 is 17.3 Å². The highest BCUT2D eigenvalue weighted by atomic mass is 32.1. The third-order valence-electron chi connectivity index (χ3n) is 3.96. The minimum Gasteiger partial charge on any atom is -0.478 e. The van der Waals surface area contributed by atoms with Crippen molar-refractivity contribution in [3.8, 4) is 21.6 Å². The molecule has 1 unspecified atom stereocenters. The predicted molar refractivity (Wildman–Crippen MR) is 110 cm³/mol. The number of ether oxygens (including phenoxy) is 2. The van der Waals surface area contributed by atoms with E-state index in [-0.39, 0.29) is 0 Å². The van der Waals surface area contributed by atoms with Gasteiger partial charge in [0.1, 0.15) is 0 Å². The number of hydrogen-bond acceptors (Lipinski definition) is 4. The number of carbonyl (C=O) groups is 1. The first-order valence-corrected chi connectivity index (χ1v) is 9.65. The van der Waals surface area contributed by atoms with Crippen LogP contribution in [-0.2, 0) is 14.3 Å². The third kappa shape index (κ3) is 4.47. The molecule has 2 aromatic carbocycles. The molecule has 0 radical (unpaired) electrons. The lowest BCUT2D eigenvalue weighted by Gasteiger charge is -2.18. The van der Waals surface area contributed by atoms with E-state index in [2.05, 4.69) is 24.8 Å². The summed E-state index contributed by atoms with van der Waals surface area (Å²) in [5, 5.41) is 0. The van der Waals surface area contributed by atoms with Crippen molar-refractivity contribution in [1.29, 1.82) is 0 Å². The summed E-state index contributed by atoms with van der Waals surface area (Å²) in [5.41, 5.74) is 3.10. The van der Waals surface area contributed by atoms with Crippen molar-refractivity contribution in [2.75, 3.05) is 6.61 Å². The number of benzene rings is 2. The number of esters is 1. The van der Waals surface area contributed by atoms with Crippen LogP contribution < -0.4 is 0 Å². The van der Waals surface area contributed by atoms with Crippen LogP contribution in [0.3, 0.4) is 0 Å². The standard InChI is InChI=1S/C23H22O3S/c1-4-25-23(24)21(26-16(2)3)22-19(17-11-7-5-8-12-17)15-20(27-22)18-13-9-6-10-14-18/h5-15,21H,2,4H2,1,3H3. The molecular formula is C23H22O3S. The first-order valence-electron chi connectivity index (χ1n) is 8.83. The van der Waals surface area contributed by atoms with Crippen molar-refractivity contribution in [3.05, 3.63) is 83.9 Å². The van der Waals surface area contributed by atoms with Gasteiger partial charge in [-0.15, -0.1) is 11.3 Å². The van der Waals surface area contributed by atoms with Crippen molar-refractivity contribution in [1.82, 2.24) is 0 Å². The molecule has 1 heterocycles. The smallest absolute Gasteiger partial charge is 0.352 e. The maximum Gasteiger partial charge on any atom is 0.352 e. The second kappa shape index (κ2) is 8.69. The first-order chi connectivity index (χ1) is 13.1. The Morgan fingerprint density at radius 2 is 1.63 bits per heavy atom. The van der Waals surface area contributed by atoms with Gasteiger partial charge in [-0.05, 0) is 31.0 Å². The maximum absolute atomic E-state index is 12.6. The van der Waals surface area contributed by atoms with Gasteiger partial charge >= 0.3 is 5.97 Å². The van der Waals surface area contributed by atoms with E-state index >= 15 is 0 Å². The van der Waals surface area contributed by atoms with Gasteiger partial charge in [-0.25, -0.2) is 4.79 Å². The molecular weight excluding hydrogens is 356 g/mol. The van der Waals surface area contributed by atoms with Crippen LogP contribution in [0.5, 0.6) is 0 Å². The lowest BCUT2D eigenvalue weighted by atomic mass is 10.0. The molecule has 0 aliphatic heterocycles. The largest absolute Gasteiger partial charge is 0.478 e. The second-order valence-corrected chi connectivity index (χ2v) is 7.16. The molecule has 0 bridgehead atoms. The molecule has 1 atom stereocenters. The van der Waals surface area contributed by atoms with Crippen LogP contribution in [0.1, 0.15) is 24.8 Å². The van der Waals surface area contributed by atoms with Crippen LogP contribution in [0.4, 0.5) is 0 Å². The fourth-order valence-corrected chi connectivity index (χ4v) is 4.02. The van der Waals surface area contributed by atoms with Crippen LogP contribution in [-0.4, -0.2) is 12.6 Å². The van der Waals surface area contributed by atoms with Crippen LogP contribution in [0.15, 0.2) is 79.1 Å². The molecule has 0 aliphatic rings. The molecule has 0 N–H and O–H groups in total. The number of carbonyl (C=O) groups excluding carboxylic acids is 1. The van der Waals surface area contributed by atoms with E-state index in [0.29, 0.717) is 12.4 Å². The SMILES string of the molecule is C=C(C)OC(C(=O)OCC)c1sc(-c2ccccc2)cc1-c1ccccc1. The fraction of sp³-hybridized carbons (Fsp3) is 0.174. The second-order valence-electron chi connectivity index (χ2n) is 6.07. The summed E-state index contributed by atoms with van der Waals surface area (Å²) in [6, 6.07) is 22.2. The average molecular weight is 378 g/mol. The van der Waals surface area contributed by atoms with Gasteiger partial charge in [0.25, 0.3) is 0 Å². The lowest BCUT2D eigenvalue weighted by Crippen LogP contribution is -2.18. The summed E-state index contributed by atoms with van der Waals surface area (Å²) >= 11 is 1.54. The Labute approximate surface area is 163 Å². The Hall–Kier alpha value is -2.85. The van der Waals surface area contributed by atoms with Crippen molar-refractivity contribution in [3.63, 3.8) is 0 Å². The molecule has 4 heteroatoms. The van der Waals surface area contributed by atoms with Gasteiger partial charge in [0.2, 0.25) is 6.10 Å².